The summed E-state index contributed by atoms with van der Waals surface area (Å²) in [6.07, 6.45) is 11.5. The highest BCUT2D eigenvalue weighted by Crippen LogP contribution is 2.36. The molecule has 0 aromatic heterocycles. The Morgan fingerprint density at radius 1 is 1.06 bits per heavy atom. The lowest BCUT2D eigenvalue weighted by molar-refractivity contribution is 0.111. The highest BCUT2D eigenvalue weighted by molar-refractivity contribution is 4.88. The number of nitrogens with one attached hydrogen (secondary N) is 1. The van der Waals surface area contributed by atoms with Gasteiger partial charge in [-0.05, 0) is 77.0 Å². The van der Waals surface area contributed by atoms with Crippen LogP contribution in [0, 0.1) is 5.92 Å². The summed E-state index contributed by atoms with van der Waals surface area (Å²) < 4.78 is 0. The number of rotatable bonds is 7. The van der Waals surface area contributed by atoms with E-state index in [1.54, 1.807) is 0 Å². The van der Waals surface area contributed by atoms with Crippen molar-refractivity contribution >= 4 is 0 Å². The first-order valence-corrected chi connectivity index (χ1v) is 7.86. The third kappa shape index (κ3) is 3.96. The first kappa shape index (κ1) is 13.4. The molecule has 2 atom stereocenters. The Morgan fingerprint density at radius 3 is 2.82 bits per heavy atom. The van der Waals surface area contributed by atoms with Crippen LogP contribution in [0.5, 0.6) is 0 Å². The van der Waals surface area contributed by atoms with Gasteiger partial charge in [-0.1, -0.05) is 13.3 Å². The van der Waals surface area contributed by atoms with Crippen molar-refractivity contribution in [1.29, 1.82) is 0 Å². The largest absolute Gasteiger partial charge is 0.317 e. The standard InChI is InChI=1S/C15H30N2/c1-2-10-16-11-3-4-12-17-13-6-8-14-7-5-9-15(14)17/h14-16H,2-13H2,1H3. The van der Waals surface area contributed by atoms with E-state index in [0.717, 1.165) is 12.0 Å². The van der Waals surface area contributed by atoms with E-state index < -0.39 is 0 Å². The molecule has 17 heavy (non-hydrogen) atoms. The van der Waals surface area contributed by atoms with Crippen molar-refractivity contribution < 1.29 is 0 Å². The zero-order valence-electron chi connectivity index (χ0n) is 11.6. The van der Waals surface area contributed by atoms with Crippen molar-refractivity contribution in [3.8, 4) is 0 Å². The van der Waals surface area contributed by atoms with Crippen LogP contribution in [-0.2, 0) is 0 Å². The lowest BCUT2D eigenvalue weighted by Gasteiger charge is -2.37. The zero-order chi connectivity index (χ0) is 11.9. The SMILES string of the molecule is CCCNCCCCN1CCCC2CCCC21. The number of piperidine rings is 1. The Balaban J connectivity index is 1.58. The Morgan fingerprint density at radius 2 is 1.94 bits per heavy atom. The van der Waals surface area contributed by atoms with Crippen molar-refractivity contribution in [3.63, 3.8) is 0 Å². The van der Waals surface area contributed by atoms with E-state index in [1.165, 1.54) is 77.5 Å². The van der Waals surface area contributed by atoms with Gasteiger partial charge in [0.25, 0.3) is 0 Å². The number of hydrogen-bond acceptors (Lipinski definition) is 2. The van der Waals surface area contributed by atoms with E-state index >= 15 is 0 Å². The van der Waals surface area contributed by atoms with Gasteiger partial charge in [-0.25, -0.2) is 0 Å². The lowest BCUT2D eigenvalue weighted by atomic mass is 9.92. The van der Waals surface area contributed by atoms with Gasteiger partial charge in [0.2, 0.25) is 0 Å². The molecule has 2 nitrogen and oxygen atoms in total. The van der Waals surface area contributed by atoms with Crippen LogP contribution in [-0.4, -0.2) is 37.1 Å². The molecule has 1 saturated heterocycles. The minimum Gasteiger partial charge on any atom is -0.317 e. The summed E-state index contributed by atoms with van der Waals surface area (Å²) in [5.41, 5.74) is 0. The van der Waals surface area contributed by atoms with Gasteiger partial charge in [-0.3, -0.25) is 0 Å². The lowest BCUT2D eigenvalue weighted by Crippen LogP contribution is -2.43. The number of fused-ring (bicyclic) bond motifs is 1. The normalized spacial score (nSPS) is 29.5. The van der Waals surface area contributed by atoms with E-state index in [0.29, 0.717) is 0 Å². The number of likely N-dealkylation sites (tertiary alicyclic amines) is 1. The molecule has 2 unspecified atom stereocenters. The summed E-state index contributed by atoms with van der Waals surface area (Å²) in [7, 11) is 0. The van der Waals surface area contributed by atoms with Crippen LogP contribution in [0.3, 0.4) is 0 Å². The Kier molecular flexibility index (Phi) is 5.79. The molecule has 1 N–H and O–H groups in total. The van der Waals surface area contributed by atoms with Crippen molar-refractivity contribution in [2.24, 2.45) is 5.92 Å². The van der Waals surface area contributed by atoms with Gasteiger partial charge in [0, 0.05) is 6.04 Å². The first-order valence-electron chi connectivity index (χ1n) is 7.86. The maximum atomic E-state index is 3.50. The van der Waals surface area contributed by atoms with E-state index in [-0.39, 0.29) is 0 Å². The third-order valence-electron chi connectivity index (χ3n) is 4.58. The highest BCUT2D eigenvalue weighted by atomic mass is 15.2. The average Bonchev–Trinajstić information content (AvgIpc) is 2.82. The molecule has 0 spiro atoms. The molecule has 0 aromatic rings. The number of unbranched alkanes of at least 4 members (excludes halogenated alkanes) is 1. The smallest absolute Gasteiger partial charge is 0.0123 e. The highest BCUT2D eigenvalue weighted by Gasteiger charge is 2.34. The van der Waals surface area contributed by atoms with Crippen molar-refractivity contribution in [2.45, 2.75) is 64.3 Å². The molecule has 2 rings (SSSR count). The predicted molar refractivity (Wildman–Crippen MR) is 74.3 cm³/mol. The molecular formula is C15H30N2. The van der Waals surface area contributed by atoms with Gasteiger partial charge in [0.05, 0.1) is 0 Å². The molecule has 0 bridgehead atoms. The maximum Gasteiger partial charge on any atom is 0.0123 e. The molecule has 1 heterocycles. The summed E-state index contributed by atoms with van der Waals surface area (Å²) in [5, 5.41) is 3.50. The molecule has 1 aliphatic heterocycles. The second kappa shape index (κ2) is 7.38. The number of hydrogen-bond donors (Lipinski definition) is 1. The van der Waals surface area contributed by atoms with E-state index in [1.807, 2.05) is 0 Å². The van der Waals surface area contributed by atoms with Crippen molar-refractivity contribution in [3.05, 3.63) is 0 Å². The Labute approximate surface area is 107 Å². The Hall–Kier alpha value is -0.0800. The van der Waals surface area contributed by atoms with Crippen molar-refractivity contribution in [2.75, 3.05) is 26.2 Å². The van der Waals surface area contributed by atoms with Crippen LogP contribution in [0.4, 0.5) is 0 Å². The first-order chi connectivity index (χ1) is 8.42. The van der Waals surface area contributed by atoms with Crippen LogP contribution in [0.2, 0.25) is 0 Å². The topological polar surface area (TPSA) is 15.3 Å². The van der Waals surface area contributed by atoms with Gasteiger partial charge in [-0.2, -0.15) is 0 Å². The molecule has 100 valence electrons. The molecular weight excluding hydrogens is 208 g/mol. The fourth-order valence-electron chi connectivity index (χ4n) is 3.70. The molecule has 1 aliphatic carbocycles. The fourth-order valence-corrected chi connectivity index (χ4v) is 3.70. The summed E-state index contributed by atoms with van der Waals surface area (Å²) in [4.78, 5) is 2.81. The summed E-state index contributed by atoms with van der Waals surface area (Å²) in [6, 6.07) is 0.965. The van der Waals surface area contributed by atoms with E-state index in [9.17, 15) is 0 Å². The predicted octanol–water partition coefficient (Wildman–Crippen LogP) is 3.03. The average molecular weight is 238 g/mol. The number of nitrogens with zero attached hydrogens (tertiary/aromatic N) is 1. The molecule has 2 aliphatic rings. The van der Waals surface area contributed by atoms with Crippen LogP contribution in [0.15, 0.2) is 0 Å². The summed E-state index contributed by atoms with van der Waals surface area (Å²) in [6.45, 7) is 7.38. The molecule has 2 heteroatoms. The van der Waals surface area contributed by atoms with Crippen LogP contribution in [0.25, 0.3) is 0 Å². The second-order valence-electron chi connectivity index (χ2n) is 5.89. The molecule has 0 aromatic carbocycles. The minimum absolute atomic E-state index is 0.965. The van der Waals surface area contributed by atoms with Crippen LogP contribution < -0.4 is 5.32 Å². The third-order valence-corrected chi connectivity index (χ3v) is 4.58. The zero-order valence-corrected chi connectivity index (χ0v) is 11.6. The van der Waals surface area contributed by atoms with Gasteiger partial charge in [0.15, 0.2) is 0 Å². The van der Waals surface area contributed by atoms with Crippen LogP contribution >= 0.6 is 0 Å². The minimum atomic E-state index is 0.965. The maximum absolute atomic E-state index is 3.50. The van der Waals surface area contributed by atoms with E-state index in [4.69, 9.17) is 0 Å². The van der Waals surface area contributed by atoms with Gasteiger partial charge >= 0.3 is 0 Å². The van der Waals surface area contributed by atoms with Crippen LogP contribution in [0.1, 0.15) is 58.3 Å². The molecule has 0 radical (unpaired) electrons. The van der Waals surface area contributed by atoms with E-state index in [2.05, 4.69) is 17.1 Å². The molecule has 1 saturated carbocycles. The quantitative estimate of drug-likeness (QED) is 0.686. The fraction of sp³-hybridized carbons (Fsp3) is 1.00. The van der Waals surface area contributed by atoms with Gasteiger partial charge in [-0.15, -0.1) is 0 Å². The second-order valence-corrected chi connectivity index (χ2v) is 5.89. The van der Waals surface area contributed by atoms with Crippen molar-refractivity contribution in [1.82, 2.24) is 10.2 Å². The molecule has 2 fully saturated rings. The van der Waals surface area contributed by atoms with Gasteiger partial charge in [0.1, 0.15) is 0 Å². The molecule has 0 amide bonds. The Bertz CT molecular complexity index is 205. The van der Waals surface area contributed by atoms with Gasteiger partial charge < -0.3 is 10.2 Å². The summed E-state index contributed by atoms with van der Waals surface area (Å²) >= 11 is 0. The monoisotopic (exact) mass is 238 g/mol. The summed E-state index contributed by atoms with van der Waals surface area (Å²) in [5.74, 6) is 1.06.